The lowest BCUT2D eigenvalue weighted by Crippen LogP contribution is -2.28. The summed E-state index contributed by atoms with van der Waals surface area (Å²) in [5.41, 5.74) is 2.75. The van der Waals surface area contributed by atoms with Crippen molar-refractivity contribution in [2.75, 3.05) is 0 Å². The van der Waals surface area contributed by atoms with E-state index in [1.807, 2.05) is 84.9 Å². The molecule has 0 saturated carbocycles. The Bertz CT molecular complexity index is 1030. The van der Waals surface area contributed by atoms with Gasteiger partial charge in [0.2, 0.25) is 0 Å². The minimum atomic E-state index is -0.794. The minimum Gasteiger partial charge on any atom is -0.387 e. The second-order valence-electron chi connectivity index (χ2n) is 6.85. The van der Waals surface area contributed by atoms with Crippen molar-refractivity contribution < 1.29 is 10.2 Å². The van der Waals surface area contributed by atoms with Gasteiger partial charge in [0.1, 0.15) is 0 Å². The number of aliphatic hydroxyl groups is 2. The second kappa shape index (κ2) is 7.84. The molecule has 0 bridgehead atoms. The molecular weight excluding hydrogens is 352 g/mol. The SMILES string of the molecule is O=c1n(CC(O)c2ccccc2)c2ccccc2n1CC(O)c1ccccc1. The fraction of sp³-hybridized carbons (Fsp3) is 0.174. The standard InChI is InChI=1S/C23H22N2O3/c26-21(17-9-3-1-4-10-17)15-24-19-13-7-8-14-20(19)25(23(24)28)16-22(27)18-11-5-2-6-12-18/h1-14,21-22,26-27H,15-16H2. The normalized spacial score (nSPS) is 13.5. The summed E-state index contributed by atoms with van der Waals surface area (Å²) < 4.78 is 3.15. The molecule has 4 aromatic rings. The second-order valence-corrected chi connectivity index (χ2v) is 6.85. The number of imidazole rings is 1. The van der Waals surface area contributed by atoms with Gasteiger partial charge in [0.05, 0.1) is 36.3 Å². The molecule has 0 saturated heterocycles. The number of rotatable bonds is 6. The van der Waals surface area contributed by atoms with Crippen LogP contribution in [-0.4, -0.2) is 19.3 Å². The van der Waals surface area contributed by atoms with Gasteiger partial charge in [0.25, 0.3) is 0 Å². The highest BCUT2D eigenvalue weighted by atomic mass is 16.3. The predicted molar refractivity (Wildman–Crippen MR) is 109 cm³/mol. The van der Waals surface area contributed by atoms with E-state index in [-0.39, 0.29) is 18.8 Å². The van der Waals surface area contributed by atoms with Gasteiger partial charge in [-0.15, -0.1) is 0 Å². The van der Waals surface area contributed by atoms with Gasteiger partial charge in [0.15, 0.2) is 0 Å². The van der Waals surface area contributed by atoms with Crippen LogP contribution >= 0.6 is 0 Å². The van der Waals surface area contributed by atoms with E-state index in [2.05, 4.69) is 0 Å². The van der Waals surface area contributed by atoms with Gasteiger partial charge in [-0.05, 0) is 23.3 Å². The number of nitrogens with zero attached hydrogens (tertiary/aromatic N) is 2. The van der Waals surface area contributed by atoms with Crippen LogP contribution in [0.4, 0.5) is 0 Å². The molecule has 1 heterocycles. The lowest BCUT2D eigenvalue weighted by molar-refractivity contribution is 0.150. The summed E-state index contributed by atoms with van der Waals surface area (Å²) in [6.45, 7) is 0.301. The van der Waals surface area contributed by atoms with Crippen molar-refractivity contribution in [3.8, 4) is 0 Å². The number of hydrogen-bond acceptors (Lipinski definition) is 3. The predicted octanol–water partition coefficient (Wildman–Crippen LogP) is 3.27. The maximum atomic E-state index is 13.1. The molecule has 2 unspecified atom stereocenters. The molecule has 0 amide bonds. The number of benzene rings is 3. The van der Waals surface area contributed by atoms with Crippen molar-refractivity contribution >= 4 is 11.0 Å². The van der Waals surface area contributed by atoms with Crippen LogP contribution in [0.2, 0.25) is 0 Å². The van der Waals surface area contributed by atoms with E-state index < -0.39 is 12.2 Å². The molecule has 0 aliphatic rings. The number of aliphatic hydroxyl groups excluding tert-OH is 2. The van der Waals surface area contributed by atoms with Crippen LogP contribution in [0.3, 0.4) is 0 Å². The van der Waals surface area contributed by atoms with Crippen LogP contribution in [0.25, 0.3) is 11.0 Å². The lowest BCUT2D eigenvalue weighted by Gasteiger charge is -2.12. The largest absolute Gasteiger partial charge is 0.387 e. The van der Waals surface area contributed by atoms with E-state index >= 15 is 0 Å². The third kappa shape index (κ3) is 3.50. The van der Waals surface area contributed by atoms with Crippen molar-refractivity contribution in [3.05, 3.63) is 107 Å². The van der Waals surface area contributed by atoms with Gasteiger partial charge in [0, 0.05) is 0 Å². The Labute approximate surface area is 162 Å². The van der Waals surface area contributed by atoms with Crippen LogP contribution in [0.1, 0.15) is 23.3 Å². The maximum absolute atomic E-state index is 13.1. The number of fused-ring (bicyclic) bond motifs is 1. The van der Waals surface area contributed by atoms with E-state index in [9.17, 15) is 15.0 Å². The first kappa shape index (κ1) is 18.2. The molecule has 2 atom stereocenters. The maximum Gasteiger partial charge on any atom is 0.329 e. The first-order valence-electron chi connectivity index (χ1n) is 9.29. The van der Waals surface area contributed by atoms with Crippen LogP contribution in [0, 0.1) is 0 Å². The highest BCUT2D eigenvalue weighted by molar-refractivity contribution is 5.76. The summed E-state index contributed by atoms with van der Waals surface area (Å²) in [7, 11) is 0. The van der Waals surface area contributed by atoms with Gasteiger partial charge in [-0.3, -0.25) is 9.13 Å². The zero-order chi connectivity index (χ0) is 19.5. The summed E-state index contributed by atoms with van der Waals surface area (Å²) in [4.78, 5) is 13.1. The monoisotopic (exact) mass is 374 g/mol. The summed E-state index contributed by atoms with van der Waals surface area (Å²) in [5.74, 6) is 0. The quantitative estimate of drug-likeness (QED) is 0.544. The molecule has 28 heavy (non-hydrogen) atoms. The molecule has 0 spiro atoms. The molecular formula is C23H22N2O3. The molecule has 5 nitrogen and oxygen atoms in total. The molecule has 0 aliphatic carbocycles. The van der Waals surface area contributed by atoms with Gasteiger partial charge >= 0.3 is 5.69 Å². The van der Waals surface area contributed by atoms with E-state index in [0.29, 0.717) is 0 Å². The number of hydrogen-bond donors (Lipinski definition) is 2. The van der Waals surface area contributed by atoms with Crippen molar-refractivity contribution in [3.63, 3.8) is 0 Å². The van der Waals surface area contributed by atoms with E-state index in [0.717, 1.165) is 22.2 Å². The van der Waals surface area contributed by atoms with Gasteiger partial charge < -0.3 is 10.2 Å². The molecule has 4 rings (SSSR count). The smallest absolute Gasteiger partial charge is 0.329 e. The Hall–Kier alpha value is -3.15. The van der Waals surface area contributed by atoms with Crippen molar-refractivity contribution in [2.24, 2.45) is 0 Å². The molecule has 2 N–H and O–H groups in total. The molecule has 0 fully saturated rings. The first-order valence-corrected chi connectivity index (χ1v) is 9.29. The van der Waals surface area contributed by atoms with E-state index in [1.165, 1.54) is 0 Å². The molecule has 142 valence electrons. The van der Waals surface area contributed by atoms with Crippen LogP contribution in [0.15, 0.2) is 89.7 Å². The summed E-state index contributed by atoms with van der Waals surface area (Å²) in [6.07, 6.45) is -1.59. The highest BCUT2D eigenvalue weighted by Crippen LogP contribution is 2.21. The van der Waals surface area contributed by atoms with E-state index in [1.54, 1.807) is 9.13 Å². The Morgan fingerprint density at radius 1 is 0.607 bits per heavy atom. The molecule has 3 aromatic carbocycles. The third-order valence-electron chi connectivity index (χ3n) is 5.00. The average Bonchev–Trinajstić information content (AvgIpc) is 3.01. The lowest BCUT2D eigenvalue weighted by atomic mass is 10.1. The van der Waals surface area contributed by atoms with Crippen molar-refractivity contribution in [1.82, 2.24) is 9.13 Å². The van der Waals surface area contributed by atoms with Crippen LogP contribution in [-0.2, 0) is 13.1 Å². The number of para-hydroxylation sites is 2. The van der Waals surface area contributed by atoms with Crippen LogP contribution < -0.4 is 5.69 Å². The summed E-state index contributed by atoms with van der Waals surface area (Å²) in [5, 5.41) is 21.2. The van der Waals surface area contributed by atoms with E-state index in [4.69, 9.17) is 0 Å². The summed E-state index contributed by atoms with van der Waals surface area (Å²) >= 11 is 0. The first-order chi connectivity index (χ1) is 13.6. The van der Waals surface area contributed by atoms with Gasteiger partial charge in [-0.2, -0.15) is 0 Å². The summed E-state index contributed by atoms with van der Waals surface area (Å²) in [6, 6.07) is 26.0. The topological polar surface area (TPSA) is 67.4 Å². The van der Waals surface area contributed by atoms with Gasteiger partial charge in [-0.1, -0.05) is 72.8 Å². The van der Waals surface area contributed by atoms with Crippen LogP contribution in [0.5, 0.6) is 0 Å². The van der Waals surface area contributed by atoms with Gasteiger partial charge in [-0.25, -0.2) is 4.79 Å². The highest BCUT2D eigenvalue weighted by Gasteiger charge is 2.19. The molecule has 0 radical (unpaired) electrons. The third-order valence-corrected chi connectivity index (χ3v) is 5.00. The fourth-order valence-corrected chi connectivity index (χ4v) is 3.53. The molecule has 5 heteroatoms. The molecule has 0 aliphatic heterocycles. The van der Waals surface area contributed by atoms with Crippen molar-refractivity contribution in [2.45, 2.75) is 25.3 Å². The Morgan fingerprint density at radius 3 is 1.36 bits per heavy atom. The zero-order valence-electron chi connectivity index (χ0n) is 15.3. The Kier molecular flexibility index (Phi) is 5.10. The number of aromatic nitrogens is 2. The Morgan fingerprint density at radius 2 is 0.964 bits per heavy atom. The van der Waals surface area contributed by atoms with Crippen molar-refractivity contribution in [1.29, 1.82) is 0 Å². The average molecular weight is 374 g/mol. The Balaban J connectivity index is 1.71. The zero-order valence-corrected chi connectivity index (χ0v) is 15.3. The molecule has 1 aromatic heterocycles. The fourth-order valence-electron chi connectivity index (χ4n) is 3.53. The minimum absolute atomic E-state index is 0.151.